The summed E-state index contributed by atoms with van der Waals surface area (Å²) in [6.45, 7) is 3.85. The number of para-hydroxylation sites is 1. The molecule has 2 aromatic carbocycles. The first kappa shape index (κ1) is 17.3. The Labute approximate surface area is 148 Å². The van der Waals surface area contributed by atoms with Gasteiger partial charge in [-0.25, -0.2) is 0 Å². The number of carbonyl (C=O) groups excluding carboxylic acids is 1. The van der Waals surface area contributed by atoms with E-state index in [1.54, 1.807) is 7.11 Å². The Kier molecular flexibility index (Phi) is 5.56. The maximum Gasteiger partial charge on any atom is 0.251 e. The summed E-state index contributed by atoms with van der Waals surface area (Å²) in [5, 5.41) is 3.04. The number of nitrogens with zero attached hydrogens (tertiary/aromatic N) is 1. The van der Waals surface area contributed by atoms with Crippen LogP contribution in [0.2, 0.25) is 0 Å². The van der Waals surface area contributed by atoms with Crippen LogP contribution in [0.25, 0.3) is 0 Å². The maximum atomic E-state index is 12.6. The zero-order valence-electron chi connectivity index (χ0n) is 14.6. The van der Waals surface area contributed by atoms with Gasteiger partial charge in [-0.2, -0.15) is 0 Å². The molecule has 1 amide bonds. The van der Waals surface area contributed by atoms with Crippen molar-refractivity contribution in [2.45, 2.75) is 19.1 Å². The number of amides is 1. The highest BCUT2D eigenvalue weighted by atomic mass is 16.5. The van der Waals surface area contributed by atoms with Crippen molar-refractivity contribution in [2.24, 2.45) is 0 Å². The van der Waals surface area contributed by atoms with E-state index in [4.69, 9.17) is 9.47 Å². The Hall–Kier alpha value is -2.53. The van der Waals surface area contributed by atoms with Gasteiger partial charge in [-0.3, -0.25) is 4.79 Å². The van der Waals surface area contributed by atoms with Crippen molar-refractivity contribution >= 4 is 11.6 Å². The van der Waals surface area contributed by atoms with E-state index >= 15 is 0 Å². The van der Waals surface area contributed by atoms with Crippen molar-refractivity contribution in [1.82, 2.24) is 5.32 Å². The molecule has 2 atom stereocenters. The van der Waals surface area contributed by atoms with Gasteiger partial charge in [0.2, 0.25) is 0 Å². The minimum absolute atomic E-state index is 0.0871. The molecular weight excluding hydrogens is 316 g/mol. The van der Waals surface area contributed by atoms with Crippen LogP contribution in [-0.4, -0.2) is 38.8 Å². The van der Waals surface area contributed by atoms with Crippen LogP contribution < -0.4 is 15.0 Å². The molecule has 1 fully saturated rings. The quantitative estimate of drug-likeness (QED) is 0.909. The Morgan fingerprint density at radius 1 is 1.24 bits per heavy atom. The molecule has 5 heteroatoms. The van der Waals surface area contributed by atoms with Crippen LogP contribution in [-0.2, 0) is 9.53 Å². The van der Waals surface area contributed by atoms with E-state index in [-0.39, 0.29) is 11.9 Å². The van der Waals surface area contributed by atoms with E-state index in [2.05, 4.69) is 22.3 Å². The first-order valence-electron chi connectivity index (χ1n) is 8.53. The van der Waals surface area contributed by atoms with Crippen molar-refractivity contribution in [3.8, 4) is 5.75 Å². The fourth-order valence-corrected chi connectivity index (χ4v) is 2.98. The van der Waals surface area contributed by atoms with Crippen LogP contribution in [0.5, 0.6) is 5.75 Å². The number of morpholine rings is 1. The molecular formula is C20H24N2O3. The molecule has 0 spiro atoms. The summed E-state index contributed by atoms with van der Waals surface area (Å²) >= 11 is 0. The van der Waals surface area contributed by atoms with Gasteiger partial charge in [0, 0.05) is 12.2 Å². The monoisotopic (exact) mass is 340 g/mol. The smallest absolute Gasteiger partial charge is 0.251 e. The molecule has 2 aromatic rings. The van der Waals surface area contributed by atoms with Crippen LogP contribution in [0.15, 0.2) is 54.6 Å². The number of methoxy groups -OCH3 is 1. The number of benzene rings is 2. The maximum absolute atomic E-state index is 12.6. The Morgan fingerprint density at radius 3 is 2.80 bits per heavy atom. The standard InChI is InChI=1S/C20H24N2O3/c1-15(16-7-6-10-18(13-16)24-2)21-20(23)19-14-22(11-12-25-19)17-8-4-3-5-9-17/h3-10,13,15,19H,11-12,14H2,1-2H3,(H,21,23)/t15-,19?/m1/s1. The average Bonchev–Trinajstić information content (AvgIpc) is 2.68. The molecule has 3 rings (SSSR count). The minimum Gasteiger partial charge on any atom is -0.497 e. The van der Waals surface area contributed by atoms with E-state index < -0.39 is 6.10 Å². The van der Waals surface area contributed by atoms with Gasteiger partial charge in [0.05, 0.1) is 26.3 Å². The predicted molar refractivity (Wildman–Crippen MR) is 97.9 cm³/mol. The third-order valence-corrected chi connectivity index (χ3v) is 4.43. The summed E-state index contributed by atoms with van der Waals surface area (Å²) in [4.78, 5) is 14.8. The van der Waals surface area contributed by atoms with Crippen molar-refractivity contribution in [3.63, 3.8) is 0 Å². The van der Waals surface area contributed by atoms with Crippen LogP contribution in [0.4, 0.5) is 5.69 Å². The van der Waals surface area contributed by atoms with Crippen LogP contribution in [0.3, 0.4) is 0 Å². The minimum atomic E-state index is -0.470. The summed E-state index contributed by atoms with van der Waals surface area (Å²) in [6.07, 6.45) is -0.470. The van der Waals surface area contributed by atoms with Gasteiger partial charge in [0.1, 0.15) is 5.75 Å². The summed E-state index contributed by atoms with van der Waals surface area (Å²) in [7, 11) is 1.64. The molecule has 0 aromatic heterocycles. The predicted octanol–water partition coefficient (Wildman–Crippen LogP) is 2.78. The van der Waals surface area contributed by atoms with Crippen molar-refractivity contribution in [2.75, 3.05) is 31.7 Å². The number of anilines is 1. The highest BCUT2D eigenvalue weighted by Gasteiger charge is 2.27. The Bertz CT molecular complexity index is 705. The van der Waals surface area contributed by atoms with Crippen molar-refractivity contribution in [1.29, 1.82) is 0 Å². The average molecular weight is 340 g/mol. The topological polar surface area (TPSA) is 50.8 Å². The first-order chi connectivity index (χ1) is 12.2. The lowest BCUT2D eigenvalue weighted by Gasteiger charge is -2.34. The summed E-state index contributed by atoms with van der Waals surface area (Å²) in [5.41, 5.74) is 2.12. The van der Waals surface area contributed by atoms with Gasteiger partial charge in [-0.05, 0) is 36.8 Å². The van der Waals surface area contributed by atoms with Crippen molar-refractivity contribution in [3.05, 3.63) is 60.2 Å². The van der Waals surface area contributed by atoms with Gasteiger partial charge < -0.3 is 19.7 Å². The normalized spacial score (nSPS) is 18.5. The fraction of sp³-hybridized carbons (Fsp3) is 0.350. The van der Waals surface area contributed by atoms with E-state index in [1.807, 2.05) is 49.4 Å². The molecule has 1 unspecified atom stereocenters. The lowest BCUT2D eigenvalue weighted by Crippen LogP contribution is -2.50. The lowest BCUT2D eigenvalue weighted by atomic mass is 10.1. The molecule has 0 radical (unpaired) electrons. The van der Waals surface area contributed by atoms with Gasteiger partial charge in [-0.15, -0.1) is 0 Å². The fourth-order valence-electron chi connectivity index (χ4n) is 2.98. The molecule has 1 aliphatic rings. The molecule has 0 aliphatic carbocycles. The second kappa shape index (κ2) is 8.03. The second-order valence-electron chi connectivity index (χ2n) is 6.15. The number of rotatable bonds is 5. The molecule has 132 valence electrons. The van der Waals surface area contributed by atoms with Crippen LogP contribution >= 0.6 is 0 Å². The van der Waals surface area contributed by atoms with Gasteiger partial charge in [0.25, 0.3) is 5.91 Å². The summed E-state index contributed by atoms with van der Waals surface area (Å²) < 4.78 is 10.9. The molecule has 1 aliphatic heterocycles. The van der Waals surface area contributed by atoms with Gasteiger partial charge >= 0.3 is 0 Å². The Morgan fingerprint density at radius 2 is 2.04 bits per heavy atom. The number of carbonyl (C=O) groups is 1. The summed E-state index contributed by atoms with van der Waals surface area (Å²) in [6, 6.07) is 17.7. The molecule has 25 heavy (non-hydrogen) atoms. The largest absolute Gasteiger partial charge is 0.497 e. The van der Waals surface area contributed by atoms with E-state index in [1.165, 1.54) is 0 Å². The highest BCUT2D eigenvalue weighted by molar-refractivity contribution is 5.82. The molecule has 0 saturated carbocycles. The zero-order valence-corrected chi connectivity index (χ0v) is 14.6. The number of hydrogen-bond acceptors (Lipinski definition) is 4. The van der Waals surface area contributed by atoms with Gasteiger partial charge in [0.15, 0.2) is 6.10 Å². The third-order valence-electron chi connectivity index (χ3n) is 4.43. The number of nitrogens with one attached hydrogen (secondary N) is 1. The SMILES string of the molecule is COc1cccc([C@@H](C)NC(=O)C2CN(c3ccccc3)CCO2)c1. The molecule has 5 nitrogen and oxygen atoms in total. The molecule has 1 N–H and O–H groups in total. The molecule has 0 bridgehead atoms. The van der Waals surface area contributed by atoms with Crippen LogP contribution in [0.1, 0.15) is 18.5 Å². The molecule has 1 saturated heterocycles. The number of hydrogen-bond donors (Lipinski definition) is 1. The Balaban J connectivity index is 1.62. The summed E-state index contributed by atoms with van der Waals surface area (Å²) in [5.74, 6) is 0.693. The first-order valence-corrected chi connectivity index (χ1v) is 8.53. The van der Waals surface area contributed by atoms with Gasteiger partial charge in [-0.1, -0.05) is 30.3 Å². The van der Waals surface area contributed by atoms with Crippen molar-refractivity contribution < 1.29 is 14.3 Å². The lowest BCUT2D eigenvalue weighted by molar-refractivity contribution is -0.134. The second-order valence-corrected chi connectivity index (χ2v) is 6.15. The highest BCUT2D eigenvalue weighted by Crippen LogP contribution is 2.20. The zero-order chi connectivity index (χ0) is 17.6. The van der Waals surface area contributed by atoms with E-state index in [0.29, 0.717) is 13.2 Å². The van der Waals surface area contributed by atoms with E-state index in [0.717, 1.165) is 23.5 Å². The molecule has 1 heterocycles. The number of ether oxygens (including phenoxy) is 2. The van der Waals surface area contributed by atoms with Crippen LogP contribution in [0, 0.1) is 0 Å². The third kappa shape index (κ3) is 4.31. The van der Waals surface area contributed by atoms with E-state index in [9.17, 15) is 4.79 Å².